The number of nitrogens with one attached hydrogen (secondary N) is 1. The van der Waals surface area contributed by atoms with E-state index in [1.165, 1.54) is 4.68 Å². The summed E-state index contributed by atoms with van der Waals surface area (Å²) in [7, 11) is 0. The minimum absolute atomic E-state index is 0.0997. The van der Waals surface area contributed by atoms with Gasteiger partial charge >= 0.3 is 0 Å². The van der Waals surface area contributed by atoms with E-state index in [9.17, 15) is 9.59 Å². The van der Waals surface area contributed by atoms with Crippen molar-refractivity contribution >= 4 is 21.8 Å². The first-order valence-corrected chi connectivity index (χ1v) is 8.06. The third kappa shape index (κ3) is 3.27. The number of carbonyl (C=O) groups is 1. The molecule has 0 radical (unpaired) electrons. The van der Waals surface area contributed by atoms with E-state index in [1.54, 1.807) is 18.2 Å². The Morgan fingerprint density at radius 3 is 3.00 bits per heavy atom. The zero-order valence-corrected chi connectivity index (χ0v) is 13.6. The zero-order chi connectivity index (χ0) is 15.5. The number of aryl methyl sites for hydroxylation is 2. The van der Waals surface area contributed by atoms with Crippen LogP contribution in [0.15, 0.2) is 39.6 Å². The molecule has 1 amide bonds. The van der Waals surface area contributed by atoms with Crippen LogP contribution in [0.1, 0.15) is 28.0 Å². The molecule has 0 spiro atoms. The van der Waals surface area contributed by atoms with Crippen molar-refractivity contribution in [3.63, 3.8) is 0 Å². The second-order valence-electron chi connectivity index (χ2n) is 5.30. The minimum atomic E-state index is -0.157. The van der Waals surface area contributed by atoms with Gasteiger partial charge in [0.05, 0.1) is 12.2 Å². The maximum absolute atomic E-state index is 12.0. The number of hydrogen-bond acceptors (Lipinski definition) is 3. The fourth-order valence-electron chi connectivity index (χ4n) is 2.61. The van der Waals surface area contributed by atoms with Gasteiger partial charge in [-0.15, -0.1) is 0 Å². The van der Waals surface area contributed by atoms with Crippen LogP contribution in [-0.2, 0) is 19.4 Å². The Balaban J connectivity index is 1.62. The molecule has 0 saturated heterocycles. The monoisotopic (exact) mass is 361 g/mol. The van der Waals surface area contributed by atoms with Crippen molar-refractivity contribution in [1.29, 1.82) is 0 Å². The smallest absolute Gasteiger partial charge is 0.267 e. The molecule has 0 aliphatic heterocycles. The summed E-state index contributed by atoms with van der Waals surface area (Å²) in [4.78, 5) is 24.0. The average molecular weight is 362 g/mol. The summed E-state index contributed by atoms with van der Waals surface area (Å²) in [6, 6.07) is 8.86. The lowest BCUT2D eigenvalue weighted by atomic mass is 10.2. The summed E-state index contributed by atoms with van der Waals surface area (Å²) in [5.41, 5.74) is 2.57. The van der Waals surface area contributed by atoms with Crippen molar-refractivity contribution in [3.05, 3.63) is 62.0 Å². The fourth-order valence-corrected chi connectivity index (χ4v) is 3.01. The minimum Gasteiger partial charge on any atom is -0.350 e. The van der Waals surface area contributed by atoms with E-state index in [2.05, 4.69) is 26.3 Å². The van der Waals surface area contributed by atoms with Crippen molar-refractivity contribution in [2.45, 2.75) is 25.8 Å². The van der Waals surface area contributed by atoms with Crippen molar-refractivity contribution in [3.8, 4) is 0 Å². The molecule has 0 atom stereocenters. The second-order valence-corrected chi connectivity index (χ2v) is 6.21. The molecular weight excluding hydrogens is 346 g/mol. The van der Waals surface area contributed by atoms with E-state index in [-0.39, 0.29) is 11.5 Å². The highest BCUT2D eigenvalue weighted by Crippen LogP contribution is 2.16. The normalized spacial score (nSPS) is 13.0. The van der Waals surface area contributed by atoms with Gasteiger partial charge in [0.1, 0.15) is 0 Å². The lowest BCUT2D eigenvalue weighted by Gasteiger charge is -2.08. The van der Waals surface area contributed by atoms with E-state index in [4.69, 9.17) is 0 Å². The van der Waals surface area contributed by atoms with E-state index in [1.807, 2.05) is 12.1 Å². The summed E-state index contributed by atoms with van der Waals surface area (Å²) in [5, 5.41) is 7.19. The second kappa shape index (κ2) is 6.44. The molecule has 1 aromatic heterocycles. The summed E-state index contributed by atoms with van der Waals surface area (Å²) in [6.07, 6.45) is 2.93. The number of benzene rings is 1. The molecule has 0 bridgehead atoms. The molecule has 3 rings (SSSR count). The van der Waals surface area contributed by atoms with Gasteiger partial charge in [0.15, 0.2) is 0 Å². The molecule has 1 N–H and O–H groups in total. The number of aromatic nitrogens is 2. The van der Waals surface area contributed by atoms with E-state index < -0.39 is 0 Å². The number of fused-ring (bicyclic) bond motifs is 1. The maximum Gasteiger partial charge on any atom is 0.267 e. The standard InChI is InChI=1S/C16H16BrN3O2/c17-13-5-1-4-12(9-13)16(22)18-7-8-20-15(21)10-11-3-2-6-14(11)19-20/h1,4-5,9-10H,2-3,6-8H2,(H,18,22). The van der Waals surface area contributed by atoms with Gasteiger partial charge in [-0.25, -0.2) is 4.68 Å². The number of carbonyl (C=O) groups excluding carboxylic acids is 1. The van der Waals surface area contributed by atoms with Crippen LogP contribution in [0.4, 0.5) is 0 Å². The first-order valence-electron chi connectivity index (χ1n) is 7.27. The quantitative estimate of drug-likeness (QED) is 0.904. The molecule has 22 heavy (non-hydrogen) atoms. The summed E-state index contributed by atoms with van der Waals surface area (Å²) >= 11 is 3.34. The Labute approximate surface area is 136 Å². The Hall–Kier alpha value is -1.95. The van der Waals surface area contributed by atoms with E-state index >= 15 is 0 Å². The Morgan fingerprint density at radius 1 is 1.32 bits per heavy atom. The van der Waals surface area contributed by atoms with Crippen molar-refractivity contribution in [1.82, 2.24) is 15.1 Å². The van der Waals surface area contributed by atoms with Gasteiger partial charge in [-0.2, -0.15) is 5.10 Å². The SMILES string of the molecule is O=C(NCCn1nc2c(cc1=O)CCC2)c1cccc(Br)c1. The molecule has 2 aromatic rings. The number of rotatable bonds is 4. The molecular formula is C16H16BrN3O2. The molecule has 0 fully saturated rings. The average Bonchev–Trinajstić information content (AvgIpc) is 2.94. The van der Waals surface area contributed by atoms with Crippen LogP contribution in [0, 0.1) is 0 Å². The maximum atomic E-state index is 12.0. The van der Waals surface area contributed by atoms with Crippen LogP contribution >= 0.6 is 15.9 Å². The summed E-state index contributed by atoms with van der Waals surface area (Å²) in [5.74, 6) is -0.157. The number of hydrogen-bond donors (Lipinski definition) is 1. The van der Waals surface area contributed by atoms with Gasteiger partial charge in [0.25, 0.3) is 11.5 Å². The number of amides is 1. The van der Waals surface area contributed by atoms with Crippen LogP contribution in [-0.4, -0.2) is 22.2 Å². The van der Waals surface area contributed by atoms with Crippen LogP contribution in [0.2, 0.25) is 0 Å². The molecule has 5 nitrogen and oxygen atoms in total. The first-order chi connectivity index (χ1) is 10.6. The predicted molar refractivity (Wildman–Crippen MR) is 87.0 cm³/mol. The summed E-state index contributed by atoms with van der Waals surface area (Å²) in [6.45, 7) is 0.753. The van der Waals surface area contributed by atoms with Crippen LogP contribution in [0.3, 0.4) is 0 Å². The molecule has 114 valence electrons. The Kier molecular flexibility index (Phi) is 4.38. The van der Waals surface area contributed by atoms with Gasteiger partial charge in [-0.1, -0.05) is 22.0 Å². The van der Waals surface area contributed by atoms with Crippen LogP contribution < -0.4 is 10.9 Å². The molecule has 6 heteroatoms. The van der Waals surface area contributed by atoms with Gasteiger partial charge in [-0.3, -0.25) is 9.59 Å². The van der Waals surface area contributed by atoms with E-state index in [0.29, 0.717) is 18.7 Å². The van der Waals surface area contributed by atoms with Crippen molar-refractivity contribution in [2.75, 3.05) is 6.54 Å². The molecule has 1 aliphatic carbocycles. The van der Waals surface area contributed by atoms with Crippen molar-refractivity contribution < 1.29 is 4.79 Å². The number of halogens is 1. The zero-order valence-electron chi connectivity index (χ0n) is 12.0. The van der Waals surface area contributed by atoms with Gasteiger partial charge in [0.2, 0.25) is 0 Å². The number of nitrogens with zero attached hydrogens (tertiary/aromatic N) is 2. The largest absolute Gasteiger partial charge is 0.350 e. The van der Waals surface area contributed by atoms with Gasteiger partial charge < -0.3 is 5.32 Å². The highest BCUT2D eigenvalue weighted by molar-refractivity contribution is 9.10. The van der Waals surface area contributed by atoms with Gasteiger partial charge in [-0.05, 0) is 43.0 Å². The highest BCUT2D eigenvalue weighted by atomic mass is 79.9. The Morgan fingerprint density at radius 2 is 2.18 bits per heavy atom. The third-order valence-electron chi connectivity index (χ3n) is 3.72. The van der Waals surface area contributed by atoms with E-state index in [0.717, 1.165) is 35.0 Å². The first kappa shape index (κ1) is 15.0. The molecule has 0 saturated carbocycles. The van der Waals surface area contributed by atoms with Crippen LogP contribution in [0.25, 0.3) is 0 Å². The lowest BCUT2D eigenvalue weighted by Crippen LogP contribution is -2.32. The molecule has 1 aromatic carbocycles. The van der Waals surface area contributed by atoms with Crippen LogP contribution in [0.5, 0.6) is 0 Å². The molecule has 1 heterocycles. The van der Waals surface area contributed by atoms with Gasteiger partial charge in [0, 0.05) is 22.6 Å². The fraction of sp³-hybridized carbons (Fsp3) is 0.312. The molecule has 0 unspecified atom stereocenters. The van der Waals surface area contributed by atoms with Crippen molar-refractivity contribution in [2.24, 2.45) is 0 Å². The lowest BCUT2D eigenvalue weighted by molar-refractivity contribution is 0.0951. The summed E-state index contributed by atoms with van der Waals surface area (Å²) < 4.78 is 2.29. The molecule has 1 aliphatic rings. The highest BCUT2D eigenvalue weighted by Gasteiger charge is 2.14. The Bertz CT molecular complexity index is 770. The predicted octanol–water partition coefficient (Wildman–Crippen LogP) is 1.92. The third-order valence-corrected chi connectivity index (χ3v) is 4.21. The topological polar surface area (TPSA) is 64.0 Å².